The number of hydrogen-bond donors (Lipinski definition) is 2. The van der Waals surface area contributed by atoms with E-state index in [2.05, 4.69) is 27.5 Å². The van der Waals surface area contributed by atoms with E-state index in [4.69, 9.17) is 10.4 Å². The highest BCUT2D eigenvalue weighted by molar-refractivity contribution is 5.53. The normalized spacial score (nSPS) is 10.4. The number of anilines is 1. The second-order valence-electron chi connectivity index (χ2n) is 3.34. The number of aryl methyl sites for hydroxylation is 1. The summed E-state index contributed by atoms with van der Waals surface area (Å²) in [5, 5.41) is 3.87. The van der Waals surface area contributed by atoms with Crippen LogP contribution in [0.1, 0.15) is 19.2 Å². The zero-order valence-electron chi connectivity index (χ0n) is 8.97. The minimum absolute atomic E-state index is 0.486. The van der Waals surface area contributed by atoms with E-state index in [1.807, 2.05) is 6.07 Å². The fraction of sp³-hybridized carbons (Fsp3) is 0.300. The zero-order valence-corrected chi connectivity index (χ0v) is 8.97. The van der Waals surface area contributed by atoms with Gasteiger partial charge in [0, 0.05) is 12.6 Å². The lowest BCUT2D eigenvalue weighted by atomic mass is 10.3. The summed E-state index contributed by atoms with van der Waals surface area (Å²) in [6.07, 6.45) is 3.45. The van der Waals surface area contributed by atoms with E-state index in [1.165, 1.54) is 0 Å². The lowest BCUT2D eigenvalue weighted by Crippen LogP contribution is -2.07. The first kappa shape index (κ1) is 10.6. The second-order valence-corrected chi connectivity index (χ2v) is 3.34. The number of nitrogen functional groups attached to an aromatic ring is 1. The predicted octanol–water partition coefficient (Wildman–Crippen LogP) is 1.37. The average Bonchev–Trinajstić information content (AvgIpc) is 2.78. The summed E-state index contributed by atoms with van der Waals surface area (Å²) in [4.78, 5) is 8.32. The molecule has 0 radical (unpaired) electrons. The Morgan fingerprint density at radius 3 is 2.94 bits per heavy atom. The molecule has 6 heteroatoms. The molecule has 0 bridgehead atoms. The van der Waals surface area contributed by atoms with Crippen molar-refractivity contribution in [1.82, 2.24) is 15.1 Å². The zero-order chi connectivity index (χ0) is 11.4. The number of rotatable bonds is 4. The molecule has 0 amide bonds. The Balaban J connectivity index is 2.21. The number of hydrogen-bond acceptors (Lipinski definition) is 6. The molecular weight excluding hydrogens is 206 g/mol. The Kier molecular flexibility index (Phi) is 3.11. The van der Waals surface area contributed by atoms with Crippen LogP contribution in [0.3, 0.4) is 0 Å². The van der Waals surface area contributed by atoms with Crippen molar-refractivity contribution in [2.24, 2.45) is 5.84 Å². The first-order chi connectivity index (χ1) is 7.83. The topological polar surface area (TPSA) is 89.9 Å². The molecule has 0 unspecified atom stereocenters. The van der Waals surface area contributed by atoms with E-state index in [0.29, 0.717) is 11.7 Å². The summed E-state index contributed by atoms with van der Waals surface area (Å²) >= 11 is 0. The third-order valence-electron chi connectivity index (χ3n) is 2.10. The van der Waals surface area contributed by atoms with Crippen LogP contribution in [-0.4, -0.2) is 15.1 Å². The summed E-state index contributed by atoms with van der Waals surface area (Å²) in [6, 6.07) is 3.57. The van der Waals surface area contributed by atoms with Crippen molar-refractivity contribution < 1.29 is 4.52 Å². The number of pyridine rings is 1. The van der Waals surface area contributed by atoms with Crippen molar-refractivity contribution >= 4 is 5.82 Å². The van der Waals surface area contributed by atoms with Gasteiger partial charge < -0.3 is 9.95 Å². The molecule has 3 N–H and O–H groups in total. The van der Waals surface area contributed by atoms with E-state index in [0.717, 1.165) is 24.2 Å². The van der Waals surface area contributed by atoms with Crippen molar-refractivity contribution in [2.75, 3.05) is 5.43 Å². The van der Waals surface area contributed by atoms with Crippen LogP contribution >= 0.6 is 0 Å². The molecule has 0 aromatic carbocycles. The van der Waals surface area contributed by atoms with Gasteiger partial charge in [-0.1, -0.05) is 12.1 Å². The molecule has 0 spiro atoms. The van der Waals surface area contributed by atoms with Crippen LogP contribution in [0.4, 0.5) is 5.82 Å². The molecule has 0 atom stereocenters. The van der Waals surface area contributed by atoms with Crippen molar-refractivity contribution in [1.29, 1.82) is 0 Å². The van der Waals surface area contributed by atoms with Gasteiger partial charge in [0.1, 0.15) is 5.82 Å². The minimum Gasteiger partial charge on any atom is -0.334 e. The summed E-state index contributed by atoms with van der Waals surface area (Å²) in [7, 11) is 0. The summed E-state index contributed by atoms with van der Waals surface area (Å²) in [6.45, 7) is 2.07. The number of nitrogens with two attached hydrogens (primary N) is 1. The van der Waals surface area contributed by atoms with Gasteiger partial charge in [-0.2, -0.15) is 4.98 Å². The van der Waals surface area contributed by atoms with E-state index in [1.54, 1.807) is 12.3 Å². The highest BCUT2D eigenvalue weighted by atomic mass is 16.5. The van der Waals surface area contributed by atoms with Gasteiger partial charge in [0.2, 0.25) is 0 Å². The third kappa shape index (κ3) is 2.17. The number of nitrogens with one attached hydrogen (secondary N) is 1. The molecule has 84 valence electrons. The molecule has 0 aliphatic heterocycles. The van der Waals surface area contributed by atoms with Gasteiger partial charge in [-0.25, -0.2) is 10.8 Å². The van der Waals surface area contributed by atoms with Crippen molar-refractivity contribution in [3.63, 3.8) is 0 Å². The van der Waals surface area contributed by atoms with E-state index in [-0.39, 0.29) is 0 Å². The van der Waals surface area contributed by atoms with Crippen LogP contribution in [0.2, 0.25) is 0 Å². The van der Waals surface area contributed by atoms with Gasteiger partial charge in [-0.3, -0.25) is 0 Å². The molecule has 0 saturated carbocycles. The smallest absolute Gasteiger partial charge is 0.259 e. The van der Waals surface area contributed by atoms with Crippen molar-refractivity contribution in [2.45, 2.75) is 19.8 Å². The van der Waals surface area contributed by atoms with Crippen LogP contribution in [0.25, 0.3) is 11.5 Å². The molecule has 2 rings (SSSR count). The molecule has 2 aromatic heterocycles. The van der Waals surface area contributed by atoms with E-state index >= 15 is 0 Å². The maximum atomic E-state index is 5.22. The second kappa shape index (κ2) is 4.71. The highest BCUT2D eigenvalue weighted by Crippen LogP contribution is 2.17. The first-order valence-electron chi connectivity index (χ1n) is 5.09. The highest BCUT2D eigenvalue weighted by Gasteiger charge is 2.08. The number of aromatic nitrogens is 3. The van der Waals surface area contributed by atoms with Gasteiger partial charge in [-0.15, -0.1) is 0 Å². The maximum Gasteiger partial charge on any atom is 0.259 e. The fourth-order valence-corrected chi connectivity index (χ4v) is 1.30. The Labute approximate surface area is 92.8 Å². The Bertz CT molecular complexity index is 450. The molecule has 0 saturated heterocycles. The van der Waals surface area contributed by atoms with Gasteiger partial charge >= 0.3 is 0 Å². The standard InChI is InChI=1S/C10H13N5O/c1-2-3-9-13-10(16-15-9)7-4-5-8(14-11)12-6-7/h4-6H,2-3,11H2,1H3,(H,12,14). The van der Waals surface area contributed by atoms with Gasteiger partial charge in [-0.05, 0) is 18.6 Å². The monoisotopic (exact) mass is 219 g/mol. The van der Waals surface area contributed by atoms with Crippen molar-refractivity contribution in [3.8, 4) is 11.5 Å². The molecule has 0 aliphatic rings. The summed E-state index contributed by atoms with van der Waals surface area (Å²) < 4.78 is 5.12. The van der Waals surface area contributed by atoms with E-state index in [9.17, 15) is 0 Å². The maximum absolute atomic E-state index is 5.22. The van der Waals surface area contributed by atoms with Crippen LogP contribution in [0, 0.1) is 0 Å². The average molecular weight is 219 g/mol. The Morgan fingerprint density at radius 2 is 2.31 bits per heavy atom. The minimum atomic E-state index is 0.486. The lowest BCUT2D eigenvalue weighted by Gasteiger charge is -1.97. The first-order valence-corrected chi connectivity index (χ1v) is 5.09. The van der Waals surface area contributed by atoms with Gasteiger partial charge in [0.25, 0.3) is 5.89 Å². The van der Waals surface area contributed by atoms with Crippen molar-refractivity contribution in [3.05, 3.63) is 24.2 Å². The third-order valence-corrected chi connectivity index (χ3v) is 2.10. The SMILES string of the molecule is CCCc1noc(-c2ccc(NN)nc2)n1. The quantitative estimate of drug-likeness (QED) is 0.596. The molecule has 16 heavy (non-hydrogen) atoms. The molecular formula is C10H13N5O. The largest absolute Gasteiger partial charge is 0.334 e. The van der Waals surface area contributed by atoms with E-state index < -0.39 is 0 Å². The van der Waals surface area contributed by atoms with Crippen LogP contribution < -0.4 is 11.3 Å². The molecule has 2 heterocycles. The Morgan fingerprint density at radius 1 is 1.44 bits per heavy atom. The summed E-state index contributed by atoms with van der Waals surface area (Å²) in [5.74, 6) is 7.02. The van der Waals surface area contributed by atoms with Gasteiger partial charge in [0.05, 0.1) is 5.56 Å². The molecule has 6 nitrogen and oxygen atoms in total. The van der Waals surface area contributed by atoms with Crippen LogP contribution in [-0.2, 0) is 6.42 Å². The molecule has 0 aliphatic carbocycles. The predicted molar refractivity (Wildman–Crippen MR) is 59.3 cm³/mol. The number of hydrazine groups is 1. The van der Waals surface area contributed by atoms with Crippen LogP contribution in [0.15, 0.2) is 22.9 Å². The fourth-order valence-electron chi connectivity index (χ4n) is 1.30. The van der Waals surface area contributed by atoms with Gasteiger partial charge in [0.15, 0.2) is 5.82 Å². The molecule has 0 fully saturated rings. The Hall–Kier alpha value is -1.95. The summed E-state index contributed by atoms with van der Waals surface area (Å²) in [5.41, 5.74) is 3.24. The van der Waals surface area contributed by atoms with Crippen LogP contribution in [0.5, 0.6) is 0 Å². The number of nitrogens with zero attached hydrogens (tertiary/aromatic N) is 3. The lowest BCUT2D eigenvalue weighted by molar-refractivity contribution is 0.422. The molecule has 2 aromatic rings.